The molecule has 8 aromatic rings. The molecule has 4 nitrogen and oxygen atoms in total. The molecule has 0 saturated carbocycles. The molecule has 210 valence electrons. The first-order chi connectivity index (χ1) is 21.3. The molecule has 1 aliphatic rings. The van der Waals surface area contributed by atoms with Crippen LogP contribution in [0.4, 0.5) is 0 Å². The van der Waals surface area contributed by atoms with E-state index in [0.717, 1.165) is 44.3 Å². The molecule has 0 fully saturated rings. The fourth-order valence-electron chi connectivity index (χ4n) is 6.75. The van der Waals surface area contributed by atoms with Crippen molar-refractivity contribution >= 4 is 21.8 Å². The summed E-state index contributed by atoms with van der Waals surface area (Å²) in [5.74, 6) is 0. The summed E-state index contributed by atoms with van der Waals surface area (Å²) in [6.45, 7) is 0. The van der Waals surface area contributed by atoms with E-state index in [4.69, 9.17) is 10.2 Å². The van der Waals surface area contributed by atoms with Gasteiger partial charge in [0.1, 0.15) is 0 Å². The first kappa shape index (κ1) is 26.6. The van der Waals surface area contributed by atoms with Gasteiger partial charge < -0.3 is 0 Å². The molecule has 1 aliphatic carbocycles. The molecule has 6 aromatic carbocycles. The Hall–Kier alpha value is -5.05. The Morgan fingerprint density at radius 1 is 0.455 bits per heavy atom. The van der Waals surface area contributed by atoms with Gasteiger partial charge in [-0.15, -0.1) is 23.3 Å². The maximum absolute atomic E-state index is 4.88. The summed E-state index contributed by atoms with van der Waals surface area (Å²) in [5.41, 5.74) is 10.0. The Bertz CT molecular complexity index is 2100. The Morgan fingerprint density at radius 3 is 1.36 bits per heavy atom. The van der Waals surface area contributed by atoms with E-state index >= 15 is 0 Å². The van der Waals surface area contributed by atoms with Crippen LogP contribution in [0.25, 0.3) is 44.3 Å². The van der Waals surface area contributed by atoms with E-state index in [9.17, 15) is 0 Å². The Morgan fingerprint density at radius 2 is 0.886 bits per heavy atom. The average Bonchev–Trinajstić information content (AvgIpc) is 3.78. The monoisotopic (exact) mass is 743 g/mol. The van der Waals surface area contributed by atoms with Crippen LogP contribution in [0.5, 0.6) is 0 Å². The largest absolute Gasteiger partial charge is 2.00 e. The van der Waals surface area contributed by atoms with E-state index < -0.39 is 5.41 Å². The molecule has 0 saturated heterocycles. The van der Waals surface area contributed by atoms with Gasteiger partial charge in [-0.3, -0.25) is 9.36 Å². The van der Waals surface area contributed by atoms with Crippen molar-refractivity contribution in [3.8, 4) is 22.5 Å². The number of hydrogen-bond acceptors (Lipinski definition) is 2. The minimum atomic E-state index is -0.641. The van der Waals surface area contributed by atoms with Crippen LogP contribution in [0.1, 0.15) is 22.3 Å². The van der Waals surface area contributed by atoms with E-state index in [2.05, 4.69) is 122 Å². The number of rotatable bonds is 4. The van der Waals surface area contributed by atoms with Gasteiger partial charge in [-0.25, -0.2) is 0 Å². The van der Waals surface area contributed by atoms with Crippen molar-refractivity contribution in [1.82, 2.24) is 19.6 Å². The van der Waals surface area contributed by atoms with Crippen LogP contribution in [-0.2, 0) is 26.5 Å². The van der Waals surface area contributed by atoms with Crippen LogP contribution in [0, 0.1) is 12.1 Å². The SMILES string of the molecule is [Pt+2].[c-]1c(-n2cc3ccccc3n2)cccc1C1(c2[c-]c(-n3cc4ccccc4n3)ccc2)c2ccccc2-c2ccccc21. The van der Waals surface area contributed by atoms with Crippen molar-refractivity contribution in [3.63, 3.8) is 0 Å². The maximum Gasteiger partial charge on any atom is 2.00 e. The van der Waals surface area contributed by atoms with Crippen molar-refractivity contribution in [2.24, 2.45) is 0 Å². The zero-order valence-corrected chi connectivity index (χ0v) is 25.7. The molecule has 44 heavy (non-hydrogen) atoms. The van der Waals surface area contributed by atoms with Gasteiger partial charge in [0.25, 0.3) is 0 Å². The van der Waals surface area contributed by atoms with E-state index in [0.29, 0.717) is 0 Å². The number of aromatic nitrogens is 4. The molecule has 0 aliphatic heterocycles. The predicted molar refractivity (Wildman–Crippen MR) is 171 cm³/mol. The normalized spacial score (nSPS) is 13.0. The first-order valence-electron chi connectivity index (χ1n) is 14.4. The molecular formula is C39H24N4Pt. The van der Waals surface area contributed by atoms with Crippen molar-refractivity contribution < 1.29 is 21.1 Å². The Labute approximate surface area is 269 Å². The van der Waals surface area contributed by atoms with Crippen LogP contribution >= 0.6 is 0 Å². The number of hydrogen-bond donors (Lipinski definition) is 0. The summed E-state index contributed by atoms with van der Waals surface area (Å²) in [6.07, 6.45) is 4.15. The molecule has 2 aromatic heterocycles. The molecule has 2 heterocycles. The quantitative estimate of drug-likeness (QED) is 0.170. The molecule has 0 N–H and O–H groups in total. The van der Waals surface area contributed by atoms with Gasteiger partial charge in [0.2, 0.25) is 0 Å². The van der Waals surface area contributed by atoms with Gasteiger partial charge in [0.15, 0.2) is 0 Å². The van der Waals surface area contributed by atoms with Gasteiger partial charge in [-0.1, -0.05) is 84.9 Å². The summed E-state index contributed by atoms with van der Waals surface area (Å²) in [6, 6.07) is 54.3. The van der Waals surface area contributed by atoms with E-state index in [1.165, 1.54) is 22.3 Å². The van der Waals surface area contributed by atoms with Gasteiger partial charge >= 0.3 is 21.1 Å². The molecule has 0 unspecified atom stereocenters. The second-order valence-corrected chi connectivity index (χ2v) is 11.0. The molecule has 0 amide bonds. The molecule has 5 heteroatoms. The zero-order valence-electron chi connectivity index (χ0n) is 23.5. The smallest absolute Gasteiger partial charge is 0.264 e. The van der Waals surface area contributed by atoms with Crippen LogP contribution < -0.4 is 0 Å². The predicted octanol–water partition coefficient (Wildman–Crippen LogP) is 8.33. The minimum Gasteiger partial charge on any atom is -0.264 e. The zero-order chi connectivity index (χ0) is 28.4. The molecule has 0 atom stereocenters. The van der Waals surface area contributed by atoms with Crippen LogP contribution in [0.3, 0.4) is 0 Å². The topological polar surface area (TPSA) is 35.6 Å². The summed E-state index contributed by atoms with van der Waals surface area (Å²) in [7, 11) is 0. The molecule has 9 rings (SSSR count). The number of nitrogens with zero attached hydrogens (tertiary/aromatic N) is 4. The third kappa shape index (κ3) is 3.88. The summed E-state index contributed by atoms with van der Waals surface area (Å²) < 4.78 is 3.87. The Balaban J connectivity index is 0.00000289. The van der Waals surface area contributed by atoms with Crippen LogP contribution in [0.15, 0.2) is 146 Å². The van der Waals surface area contributed by atoms with Crippen molar-refractivity contribution in [2.75, 3.05) is 0 Å². The van der Waals surface area contributed by atoms with Crippen LogP contribution in [0.2, 0.25) is 0 Å². The second kappa shape index (κ2) is 10.3. The summed E-state index contributed by atoms with van der Waals surface area (Å²) >= 11 is 0. The minimum absolute atomic E-state index is 0. The van der Waals surface area contributed by atoms with Crippen molar-refractivity contribution in [3.05, 3.63) is 180 Å². The molecule has 0 radical (unpaired) electrons. The van der Waals surface area contributed by atoms with Crippen molar-refractivity contribution in [2.45, 2.75) is 5.41 Å². The van der Waals surface area contributed by atoms with Crippen LogP contribution in [-0.4, -0.2) is 19.6 Å². The summed E-state index contributed by atoms with van der Waals surface area (Å²) in [5, 5.41) is 11.9. The van der Waals surface area contributed by atoms with Crippen molar-refractivity contribution in [1.29, 1.82) is 0 Å². The fourth-order valence-corrected chi connectivity index (χ4v) is 6.75. The molecule has 0 bridgehead atoms. The third-order valence-corrected chi connectivity index (χ3v) is 8.64. The number of fused-ring (bicyclic) bond motifs is 5. The average molecular weight is 744 g/mol. The summed E-state index contributed by atoms with van der Waals surface area (Å²) in [4.78, 5) is 0. The van der Waals surface area contributed by atoms with E-state index in [1.54, 1.807) is 0 Å². The molecular weight excluding hydrogens is 720 g/mol. The maximum atomic E-state index is 4.88. The third-order valence-electron chi connectivity index (χ3n) is 8.64. The van der Waals surface area contributed by atoms with Gasteiger partial charge in [-0.2, -0.15) is 46.6 Å². The van der Waals surface area contributed by atoms with Gasteiger partial charge in [-0.05, 0) is 45.8 Å². The number of benzene rings is 6. The van der Waals surface area contributed by atoms with Gasteiger partial charge in [0, 0.05) is 28.6 Å². The molecule has 0 spiro atoms. The fraction of sp³-hybridized carbons (Fsp3) is 0.0256. The van der Waals surface area contributed by atoms with E-state index in [-0.39, 0.29) is 21.1 Å². The van der Waals surface area contributed by atoms with Gasteiger partial charge in [0.05, 0.1) is 11.0 Å². The first-order valence-corrected chi connectivity index (χ1v) is 14.4. The second-order valence-electron chi connectivity index (χ2n) is 11.0. The standard InChI is InChI=1S/C39H24N4.Pt/c1-7-21-37-27(11-1)25-42(40-37)31-15-9-13-29(23-31)39(35-19-5-3-17-33(35)34-18-4-6-20-36(34)39)30-14-10-16-32(24-30)43-26-28-12-2-8-22-38(28)41-43;/h1-22,25-26H;/q-2;+2. The Kier molecular flexibility index (Phi) is 6.21. The van der Waals surface area contributed by atoms with E-state index in [1.807, 2.05) is 45.8 Å².